The highest BCUT2D eigenvalue weighted by Crippen LogP contribution is 2.28. The maximum Gasteiger partial charge on any atom is 0.227 e. The highest BCUT2D eigenvalue weighted by Gasteiger charge is 2.32. The molecule has 2 aromatic rings. The monoisotopic (exact) mass is 352 g/mol. The van der Waals surface area contributed by atoms with Gasteiger partial charge in [-0.05, 0) is 48.4 Å². The SMILES string of the molecule is N#Cc1cccnc1N1CCCC(C(=O)N2CCc3sccc3C2)C1. The van der Waals surface area contributed by atoms with E-state index in [2.05, 4.69) is 27.4 Å². The number of carbonyl (C=O) groups is 1. The summed E-state index contributed by atoms with van der Waals surface area (Å²) >= 11 is 1.79. The van der Waals surface area contributed by atoms with E-state index in [0.717, 1.165) is 38.9 Å². The second-order valence-corrected chi connectivity index (χ2v) is 7.65. The Hall–Kier alpha value is -2.39. The van der Waals surface area contributed by atoms with Gasteiger partial charge < -0.3 is 9.80 Å². The molecule has 1 atom stereocenters. The van der Waals surface area contributed by atoms with Crippen LogP contribution in [0.3, 0.4) is 0 Å². The summed E-state index contributed by atoms with van der Waals surface area (Å²) in [6.07, 6.45) is 4.55. The summed E-state index contributed by atoms with van der Waals surface area (Å²) < 4.78 is 0. The van der Waals surface area contributed by atoms with Gasteiger partial charge in [-0.2, -0.15) is 5.26 Å². The standard InChI is InChI=1S/C19H20N4OS/c20-11-14-3-1-7-21-18(14)22-8-2-4-16(13-22)19(24)23-9-5-17-15(12-23)6-10-25-17/h1,3,6-7,10,16H,2,4-5,8-9,12-13H2. The lowest BCUT2D eigenvalue weighted by Gasteiger charge is -2.37. The number of piperidine rings is 1. The minimum Gasteiger partial charge on any atom is -0.355 e. The van der Waals surface area contributed by atoms with Crippen molar-refractivity contribution in [2.24, 2.45) is 5.92 Å². The molecule has 0 saturated carbocycles. The summed E-state index contributed by atoms with van der Waals surface area (Å²) in [6, 6.07) is 7.92. The first-order valence-corrected chi connectivity index (χ1v) is 9.58. The van der Waals surface area contributed by atoms with E-state index in [4.69, 9.17) is 0 Å². The van der Waals surface area contributed by atoms with Crippen LogP contribution >= 0.6 is 11.3 Å². The van der Waals surface area contributed by atoms with Crippen LogP contribution in [-0.4, -0.2) is 35.4 Å². The first-order chi connectivity index (χ1) is 12.3. The van der Waals surface area contributed by atoms with E-state index in [-0.39, 0.29) is 11.8 Å². The lowest BCUT2D eigenvalue weighted by atomic mass is 9.95. The molecule has 0 N–H and O–H groups in total. The van der Waals surface area contributed by atoms with Crippen molar-refractivity contribution in [2.75, 3.05) is 24.5 Å². The molecule has 4 heterocycles. The number of hydrogen-bond donors (Lipinski definition) is 0. The first kappa shape index (κ1) is 16.1. The molecule has 6 heteroatoms. The number of nitriles is 1. The molecule has 0 spiro atoms. The number of nitrogens with zero attached hydrogens (tertiary/aromatic N) is 4. The summed E-state index contributed by atoms with van der Waals surface area (Å²) in [4.78, 5) is 22.9. The molecule has 1 fully saturated rings. The molecule has 1 amide bonds. The Morgan fingerprint density at radius 2 is 2.28 bits per heavy atom. The fourth-order valence-electron chi connectivity index (χ4n) is 3.80. The van der Waals surface area contributed by atoms with Gasteiger partial charge in [-0.1, -0.05) is 0 Å². The fourth-order valence-corrected chi connectivity index (χ4v) is 4.69. The number of fused-ring (bicyclic) bond motifs is 1. The number of hydrogen-bond acceptors (Lipinski definition) is 5. The summed E-state index contributed by atoms with van der Waals surface area (Å²) in [7, 11) is 0. The van der Waals surface area contributed by atoms with Gasteiger partial charge in [-0.3, -0.25) is 4.79 Å². The zero-order valence-electron chi connectivity index (χ0n) is 14.0. The van der Waals surface area contributed by atoms with Crippen LogP contribution in [0.2, 0.25) is 0 Å². The van der Waals surface area contributed by atoms with Gasteiger partial charge in [-0.15, -0.1) is 11.3 Å². The Morgan fingerprint density at radius 3 is 3.16 bits per heavy atom. The zero-order chi connectivity index (χ0) is 17.2. The summed E-state index contributed by atoms with van der Waals surface area (Å²) in [5.74, 6) is 0.944. The van der Waals surface area contributed by atoms with E-state index in [1.54, 1.807) is 29.7 Å². The second kappa shape index (κ2) is 6.85. The molecule has 0 radical (unpaired) electrons. The molecule has 2 aromatic heterocycles. The Kier molecular flexibility index (Phi) is 4.41. The lowest BCUT2D eigenvalue weighted by molar-refractivity contribution is -0.136. The molecule has 2 aliphatic rings. The number of rotatable bonds is 2. The Morgan fingerprint density at radius 1 is 1.36 bits per heavy atom. The van der Waals surface area contributed by atoms with Crippen LogP contribution in [0.1, 0.15) is 28.8 Å². The van der Waals surface area contributed by atoms with Crippen molar-refractivity contribution in [2.45, 2.75) is 25.8 Å². The third-order valence-corrected chi connectivity index (χ3v) is 6.12. The van der Waals surface area contributed by atoms with Gasteiger partial charge in [0.2, 0.25) is 5.91 Å². The van der Waals surface area contributed by atoms with E-state index >= 15 is 0 Å². The number of thiophene rings is 1. The first-order valence-electron chi connectivity index (χ1n) is 8.70. The van der Waals surface area contributed by atoms with Crippen LogP contribution in [0, 0.1) is 17.2 Å². The van der Waals surface area contributed by atoms with Gasteiger partial charge in [0.25, 0.3) is 0 Å². The molecule has 0 bridgehead atoms. The maximum atomic E-state index is 13.0. The average molecular weight is 352 g/mol. The number of amides is 1. The van der Waals surface area contributed by atoms with Crippen LogP contribution in [0.4, 0.5) is 5.82 Å². The van der Waals surface area contributed by atoms with Crippen molar-refractivity contribution < 1.29 is 4.79 Å². The van der Waals surface area contributed by atoms with Crippen molar-refractivity contribution in [3.63, 3.8) is 0 Å². The van der Waals surface area contributed by atoms with Crippen LogP contribution in [-0.2, 0) is 17.8 Å². The largest absolute Gasteiger partial charge is 0.355 e. The molecule has 25 heavy (non-hydrogen) atoms. The third kappa shape index (κ3) is 3.12. The topological polar surface area (TPSA) is 60.2 Å². The van der Waals surface area contributed by atoms with E-state index in [1.165, 1.54) is 10.4 Å². The predicted molar refractivity (Wildman–Crippen MR) is 97.3 cm³/mol. The minimum atomic E-state index is -0.0116. The molecule has 4 rings (SSSR count). The molecule has 2 aliphatic heterocycles. The van der Waals surface area contributed by atoms with E-state index in [0.29, 0.717) is 17.9 Å². The number of aromatic nitrogens is 1. The fraction of sp³-hybridized carbons (Fsp3) is 0.421. The molecule has 1 unspecified atom stereocenters. The van der Waals surface area contributed by atoms with E-state index in [1.807, 2.05) is 4.90 Å². The van der Waals surface area contributed by atoms with Crippen LogP contribution < -0.4 is 4.90 Å². The van der Waals surface area contributed by atoms with Crippen LogP contribution in [0.15, 0.2) is 29.8 Å². The number of anilines is 1. The smallest absolute Gasteiger partial charge is 0.227 e. The van der Waals surface area contributed by atoms with Crippen molar-refractivity contribution >= 4 is 23.1 Å². The maximum absolute atomic E-state index is 13.0. The molecular formula is C19H20N4OS. The highest BCUT2D eigenvalue weighted by atomic mass is 32.1. The van der Waals surface area contributed by atoms with E-state index < -0.39 is 0 Å². The summed E-state index contributed by atoms with van der Waals surface area (Å²) in [5.41, 5.74) is 1.88. The van der Waals surface area contributed by atoms with Gasteiger partial charge in [0.15, 0.2) is 0 Å². The van der Waals surface area contributed by atoms with Gasteiger partial charge >= 0.3 is 0 Å². The predicted octanol–water partition coefficient (Wildman–Crippen LogP) is 2.82. The molecule has 0 aromatic carbocycles. The van der Waals surface area contributed by atoms with Gasteiger partial charge in [0.05, 0.1) is 11.5 Å². The molecule has 1 saturated heterocycles. The average Bonchev–Trinajstić information content (AvgIpc) is 3.15. The van der Waals surface area contributed by atoms with Crippen molar-refractivity contribution in [1.29, 1.82) is 5.26 Å². The molecular weight excluding hydrogens is 332 g/mol. The second-order valence-electron chi connectivity index (χ2n) is 6.65. The molecule has 0 aliphatic carbocycles. The van der Waals surface area contributed by atoms with Gasteiger partial charge in [0, 0.05) is 37.3 Å². The minimum absolute atomic E-state index is 0.0116. The Balaban J connectivity index is 1.48. The normalized spacial score (nSPS) is 20.0. The third-order valence-electron chi connectivity index (χ3n) is 5.10. The van der Waals surface area contributed by atoms with Crippen LogP contribution in [0.5, 0.6) is 0 Å². The van der Waals surface area contributed by atoms with Gasteiger partial charge in [0.1, 0.15) is 11.9 Å². The highest BCUT2D eigenvalue weighted by molar-refractivity contribution is 7.10. The number of carbonyl (C=O) groups excluding carboxylic acids is 1. The Labute approximate surface area is 151 Å². The summed E-state index contributed by atoms with van der Waals surface area (Å²) in [5, 5.41) is 11.4. The lowest BCUT2D eigenvalue weighted by Crippen LogP contribution is -2.46. The number of pyridine rings is 1. The zero-order valence-corrected chi connectivity index (χ0v) is 14.8. The van der Waals surface area contributed by atoms with E-state index in [9.17, 15) is 10.1 Å². The van der Waals surface area contributed by atoms with Crippen molar-refractivity contribution in [3.05, 3.63) is 45.8 Å². The Bertz CT molecular complexity index is 825. The summed E-state index contributed by atoms with van der Waals surface area (Å²) in [6.45, 7) is 3.05. The van der Waals surface area contributed by atoms with Crippen LogP contribution in [0.25, 0.3) is 0 Å². The van der Waals surface area contributed by atoms with Crippen molar-refractivity contribution in [3.8, 4) is 6.07 Å². The molecule has 128 valence electrons. The van der Waals surface area contributed by atoms with Gasteiger partial charge in [-0.25, -0.2) is 4.98 Å². The van der Waals surface area contributed by atoms with Crippen molar-refractivity contribution in [1.82, 2.24) is 9.88 Å². The molecule has 5 nitrogen and oxygen atoms in total. The quantitative estimate of drug-likeness (QED) is 0.834.